The third-order valence-electron chi connectivity index (χ3n) is 2.60. The van der Waals surface area contributed by atoms with Crippen LogP contribution >= 0.6 is 15.9 Å². The SMILES string of the molecule is COC(=O)c1ccc(F)cc1NC(=O)c1cncc(Br)c1. The monoisotopic (exact) mass is 352 g/mol. The van der Waals surface area contributed by atoms with E-state index in [2.05, 4.69) is 31.0 Å². The van der Waals surface area contributed by atoms with E-state index in [1.807, 2.05) is 0 Å². The summed E-state index contributed by atoms with van der Waals surface area (Å²) < 4.78 is 18.5. The van der Waals surface area contributed by atoms with Crippen molar-refractivity contribution in [2.24, 2.45) is 0 Å². The number of aromatic nitrogens is 1. The van der Waals surface area contributed by atoms with Crippen LogP contribution in [0.3, 0.4) is 0 Å². The van der Waals surface area contributed by atoms with Crippen LogP contribution in [-0.4, -0.2) is 24.0 Å². The first-order chi connectivity index (χ1) is 10.0. The second-order valence-electron chi connectivity index (χ2n) is 4.03. The molecule has 0 saturated carbocycles. The number of amides is 1. The van der Waals surface area contributed by atoms with Gasteiger partial charge in [0.05, 0.1) is 23.9 Å². The first-order valence-corrected chi connectivity index (χ1v) is 6.60. The lowest BCUT2D eigenvalue weighted by molar-refractivity contribution is 0.0602. The Morgan fingerprint density at radius 3 is 2.71 bits per heavy atom. The minimum Gasteiger partial charge on any atom is -0.465 e. The van der Waals surface area contributed by atoms with Gasteiger partial charge in [-0.1, -0.05) is 0 Å². The zero-order valence-corrected chi connectivity index (χ0v) is 12.5. The average molecular weight is 353 g/mol. The summed E-state index contributed by atoms with van der Waals surface area (Å²) in [5, 5.41) is 2.47. The van der Waals surface area contributed by atoms with Gasteiger partial charge >= 0.3 is 5.97 Å². The van der Waals surface area contributed by atoms with Gasteiger partial charge in [0, 0.05) is 16.9 Å². The number of hydrogen-bond donors (Lipinski definition) is 1. The molecule has 0 spiro atoms. The molecule has 0 aliphatic carbocycles. The molecule has 0 atom stereocenters. The Balaban J connectivity index is 2.32. The van der Waals surface area contributed by atoms with E-state index in [1.165, 1.54) is 25.6 Å². The highest BCUT2D eigenvalue weighted by Gasteiger charge is 2.16. The number of ether oxygens (including phenoxy) is 1. The minimum atomic E-state index is -0.669. The van der Waals surface area contributed by atoms with Crippen LogP contribution in [-0.2, 0) is 4.74 Å². The molecule has 7 heteroatoms. The zero-order chi connectivity index (χ0) is 15.4. The van der Waals surface area contributed by atoms with Crippen molar-refractivity contribution in [3.63, 3.8) is 0 Å². The number of pyridine rings is 1. The van der Waals surface area contributed by atoms with Crippen LogP contribution in [0.15, 0.2) is 41.1 Å². The molecule has 0 bridgehead atoms. The molecular weight excluding hydrogens is 343 g/mol. The van der Waals surface area contributed by atoms with Crippen molar-refractivity contribution in [3.05, 3.63) is 58.1 Å². The van der Waals surface area contributed by atoms with E-state index in [-0.39, 0.29) is 16.8 Å². The number of rotatable bonds is 3. The van der Waals surface area contributed by atoms with E-state index in [9.17, 15) is 14.0 Å². The molecule has 1 N–H and O–H groups in total. The molecule has 0 unspecified atom stereocenters. The number of hydrogen-bond acceptors (Lipinski definition) is 4. The van der Waals surface area contributed by atoms with Gasteiger partial charge < -0.3 is 10.1 Å². The molecule has 1 aromatic heterocycles. The number of carbonyl (C=O) groups excluding carboxylic acids is 2. The number of methoxy groups -OCH3 is 1. The second kappa shape index (κ2) is 6.45. The van der Waals surface area contributed by atoms with Crippen molar-refractivity contribution >= 4 is 33.5 Å². The fourth-order valence-electron chi connectivity index (χ4n) is 1.64. The molecule has 2 aromatic rings. The second-order valence-corrected chi connectivity index (χ2v) is 4.94. The topological polar surface area (TPSA) is 68.3 Å². The molecule has 5 nitrogen and oxygen atoms in total. The fraction of sp³-hybridized carbons (Fsp3) is 0.0714. The van der Waals surface area contributed by atoms with Gasteiger partial charge in [0.15, 0.2) is 0 Å². The number of carbonyl (C=O) groups is 2. The van der Waals surface area contributed by atoms with E-state index in [4.69, 9.17) is 0 Å². The van der Waals surface area contributed by atoms with Gasteiger partial charge in [0.1, 0.15) is 5.82 Å². The Kier molecular flexibility index (Phi) is 4.64. The summed E-state index contributed by atoms with van der Waals surface area (Å²) in [5.41, 5.74) is 0.367. The number of halogens is 2. The average Bonchev–Trinajstić information content (AvgIpc) is 2.46. The summed E-state index contributed by atoms with van der Waals surface area (Å²) in [7, 11) is 1.20. The van der Waals surface area contributed by atoms with Gasteiger partial charge in [-0.3, -0.25) is 9.78 Å². The number of benzene rings is 1. The molecule has 1 heterocycles. The Morgan fingerprint density at radius 1 is 1.29 bits per heavy atom. The smallest absolute Gasteiger partial charge is 0.339 e. The molecule has 0 fully saturated rings. The quantitative estimate of drug-likeness (QED) is 0.862. The van der Waals surface area contributed by atoms with E-state index < -0.39 is 17.7 Å². The summed E-state index contributed by atoms with van der Waals surface area (Å²) >= 11 is 3.20. The third-order valence-corrected chi connectivity index (χ3v) is 3.04. The molecular formula is C14H10BrFN2O3. The predicted octanol–water partition coefficient (Wildman–Crippen LogP) is 3.02. The molecule has 1 amide bonds. The summed E-state index contributed by atoms with van der Waals surface area (Å²) in [6, 6.07) is 4.97. The molecule has 108 valence electrons. The highest BCUT2D eigenvalue weighted by molar-refractivity contribution is 9.10. The Labute approximate surface area is 128 Å². The lowest BCUT2D eigenvalue weighted by Crippen LogP contribution is -2.16. The van der Waals surface area contributed by atoms with Crippen LogP contribution in [0.25, 0.3) is 0 Å². The number of esters is 1. The molecule has 2 rings (SSSR count). The third kappa shape index (κ3) is 3.63. The number of nitrogens with one attached hydrogen (secondary N) is 1. The van der Waals surface area contributed by atoms with E-state index in [0.717, 1.165) is 12.1 Å². The first-order valence-electron chi connectivity index (χ1n) is 5.81. The van der Waals surface area contributed by atoms with Crippen molar-refractivity contribution < 1.29 is 18.7 Å². The molecule has 0 saturated heterocycles. The Morgan fingerprint density at radius 2 is 2.05 bits per heavy atom. The van der Waals surface area contributed by atoms with Crippen LogP contribution in [0.5, 0.6) is 0 Å². The fourth-order valence-corrected chi connectivity index (χ4v) is 2.00. The molecule has 0 aliphatic rings. The lowest BCUT2D eigenvalue weighted by Gasteiger charge is -2.10. The molecule has 1 aromatic carbocycles. The van der Waals surface area contributed by atoms with Gasteiger partial charge in [-0.05, 0) is 40.2 Å². The van der Waals surface area contributed by atoms with E-state index in [1.54, 1.807) is 6.07 Å². The molecule has 0 aliphatic heterocycles. The normalized spacial score (nSPS) is 10.0. The maximum absolute atomic E-state index is 13.3. The van der Waals surface area contributed by atoms with Crippen LogP contribution in [0, 0.1) is 5.82 Å². The van der Waals surface area contributed by atoms with Crippen molar-refractivity contribution in [2.75, 3.05) is 12.4 Å². The van der Waals surface area contributed by atoms with Gasteiger partial charge in [-0.15, -0.1) is 0 Å². The van der Waals surface area contributed by atoms with Crippen LogP contribution in [0.2, 0.25) is 0 Å². The van der Waals surface area contributed by atoms with Gasteiger partial charge in [-0.2, -0.15) is 0 Å². The highest BCUT2D eigenvalue weighted by atomic mass is 79.9. The maximum Gasteiger partial charge on any atom is 0.339 e. The Bertz CT molecular complexity index is 706. The number of anilines is 1. The summed E-state index contributed by atoms with van der Waals surface area (Å²) in [4.78, 5) is 27.6. The molecule has 21 heavy (non-hydrogen) atoms. The van der Waals surface area contributed by atoms with Crippen LogP contribution in [0.1, 0.15) is 20.7 Å². The van der Waals surface area contributed by atoms with E-state index >= 15 is 0 Å². The minimum absolute atomic E-state index is 0.0341. The summed E-state index contributed by atoms with van der Waals surface area (Å²) in [6.07, 6.45) is 2.88. The largest absolute Gasteiger partial charge is 0.465 e. The van der Waals surface area contributed by atoms with Gasteiger partial charge in [-0.25, -0.2) is 9.18 Å². The van der Waals surface area contributed by atoms with Crippen LogP contribution < -0.4 is 5.32 Å². The maximum atomic E-state index is 13.3. The Hall–Kier alpha value is -2.28. The highest BCUT2D eigenvalue weighted by Crippen LogP contribution is 2.19. The standard InChI is InChI=1S/C14H10BrFN2O3/c1-21-14(20)11-3-2-10(16)5-12(11)18-13(19)8-4-9(15)7-17-6-8/h2-7H,1H3,(H,18,19). The summed E-state index contributed by atoms with van der Waals surface area (Å²) in [5.74, 6) is -1.76. The first kappa shape index (κ1) is 15.1. The predicted molar refractivity (Wildman–Crippen MR) is 77.6 cm³/mol. The van der Waals surface area contributed by atoms with E-state index in [0.29, 0.717) is 4.47 Å². The summed E-state index contributed by atoms with van der Waals surface area (Å²) in [6.45, 7) is 0. The molecule has 0 radical (unpaired) electrons. The van der Waals surface area contributed by atoms with Crippen LogP contribution in [0.4, 0.5) is 10.1 Å². The lowest BCUT2D eigenvalue weighted by atomic mass is 10.1. The van der Waals surface area contributed by atoms with Crippen molar-refractivity contribution in [1.29, 1.82) is 0 Å². The zero-order valence-electron chi connectivity index (χ0n) is 10.9. The van der Waals surface area contributed by atoms with Gasteiger partial charge in [0.2, 0.25) is 0 Å². The van der Waals surface area contributed by atoms with Crippen molar-refractivity contribution in [1.82, 2.24) is 4.98 Å². The van der Waals surface area contributed by atoms with Gasteiger partial charge in [0.25, 0.3) is 5.91 Å². The number of nitrogens with zero attached hydrogens (tertiary/aromatic N) is 1. The van der Waals surface area contributed by atoms with Crippen molar-refractivity contribution in [3.8, 4) is 0 Å². The van der Waals surface area contributed by atoms with Crippen molar-refractivity contribution in [2.45, 2.75) is 0 Å².